The fourth-order valence-electron chi connectivity index (χ4n) is 2.53. The summed E-state index contributed by atoms with van der Waals surface area (Å²) < 4.78 is 5.91. The second kappa shape index (κ2) is 7.28. The van der Waals surface area contributed by atoms with Gasteiger partial charge in [0.15, 0.2) is 5.75 Å². The molecule has 6 nitrogen and oxygen atoms in total. The number of rotatable bonds is 4. The van der Waals surface area contributed by atoms with Crippen LogP contribution in [0.3, 0.4) is 0 Å². The highest BCUT2D eigenvalue weighted by Crippen LogP contribution is 2.29. The number of halogens is 1. The van der Waals surface area contributed by atoms with Gasteiger partial charge in [-0.2, -0.15) is 10.2 Å². The first kappa shape index (κ1) is 16.8. The molecule has 0 aliphatic carbocycles. The van der Waals surface area contributed by atoms with E-state index in [-0.39, 0.29) is 11.1 Å². The average molecular weight is 374 g/mol. The van der Waals surface area contributed by atoms with Crippen LogP contribution in [0.15, 0.2) is 66.9 Å². The molecule has 0 radical (unpaired) electrons. The number of hydrogen-bond donors (Lipinski definition) is 1. The topological polar surface area (TPSA) is 83.7 Å². The maximum atomic E-state index is 8.87. The molecule has 0 fully saturated rings. The molecule has 2 aromatic heterocycles. The minimum Gasteiger partial charge on any atom is -0.437 e. The second-order valence-corrected chi connectivity index (χ2v) is 5.99. The van der Waals surface area contributed by atoms with Gasteiger partial charge in [-0.05, 0) is 36.4 Å². The maximum absolute atomic E-state index is 8.87. The highest BCUT2D eigenvalue weighted by Gasteiger charge is 2.09. The first-order valence-corrected chi connectivity index (χ1v) is 8.42. The van der Waals surface area contributed by atoms with E-state index in [4.69, 9.17) is 21.6 Å². The maximum Gasteiger partial charge on any atom is 0.231 e. The molecule has 0 saturated carbocycles. The van der Waals surface area contributed by atoms with Gasteiger partial charge in [0.05, 0.1) is 11.6 Å². The average Bonchev–Trinajstić information content (AvgIpc) is 2.68. The highest BCUT2D eigenvalue weighted by atomic mass is 35.5. The van der Waals surface area contributed by atoms with Crippen LogP contribution in [-0.4, -0.2) is 15.0 Å². The van der Waals surface area contributed by atoms with Gasteiger partial charge in [-0.1, -0.05) is 29.8 Å². The number of benzene rings is 2. The summed E-state index contributed by atoms with van der Waals surface area (Å²) in [5, 5.41) is 13.1. The van der Waals surface area contributed by atoms with Gasteiger partial charge in [0.1, 0.15) is 10.7 Å². The lowest BCUT2D eigenvalue weighted by Crippen LogP contribution is -1.99. The minimum atomic E-state index is 0.240. The summed E-state index contributed by atoms with van der Waals surface area (Å²) in [6, 6.07) is 20.0. The SMILES string of the molecule is N#Cc1ccc(Nc2nc(Cl)cc(Oc3cccc4cccnc34)n2)cc1. The number of para-hydroxylation sites is 1. The number of anilines is 2. The predicted octanol–water partition coefficient (Wildman–Crippen LogP) is 5.09. The van der Waals surface area contributed by atoms with E-state index in [2.05, 4.69) is 26.3 Å². The van der Waals surface area contributed by atoms with Gasteiger partial charge in [-0.25, -0.2) is 4.98 Å². The summed E-state index contributed by atoms with van der Waals surface area (Å²) in [7, 11) is 0. The number of nitrogens with zero attached hydrogens (tertiary/aromatic N) is 4. The van der Waals surface area contributed by atoms with Crippen molar-refractivity contribution < 1.29 is 4.74 Å². The molecule has 0 atom stereocenters. The van der Waals surface area contributed by atoms with Gasteiger partial charge in [-0.3, -0.25) is 4.98 Å². The van der Waals surface area contributed by atoms with Crippen LogP contribution in [0.1, 0.15) is 5.56 Å². The number of pyridine rings is 1. The molecule has 0 saturated heterocycles. The van der Waals surface area contributed by atoms with E-state index in [0.29, 0.717) is 17.2 Å². The van der Waals surface area contributed by atoms with Gasteiger partial charge in [0.25, 0.3) is 0 Å². The smallest absolute Gasteiger partial charge is 0.231 e. The third kappa shape index (κ3) is 3.78. The lowest BCUT2D eigenvalue weighted by atomic mass is 10.2. The van der Waals surface area contributed by atoms with E-state index in [0.717, 1.165) is 16.6 Å². The van der Waals surface area contributed by atoms with Crippen LogP contribution in [0.2, 0.25) is 5.15 Å². The van der Waals surface area contributed by atoms with E-state index >= 15 is 0 Å². The number of nitrogens with one attached hydrogen (secondary N) is 1. The molecule has 0 bridgehead atoms. The zero-order valence-electron chi connectivity index (χ0n) is 13.9. The normalized spacial score (nSPS) is 10.4. The molecule has 2 aromatic carbocycles. The largest absolute Gasteiger partial charge is 0.437 e. The number of nitriles is 1. The highest BCUT2D eigenvalue weighted by molar-refractivity contribution is 6.29. The Balaban J connectivity index is 1.63. The van der Waals surface area contributed by atoms with Crippen LogP contribution in [0, 0.1) is 11.3 Å². The van der Waals surface area contributed by atoms with Gasteiger partial charge >= 0.3 is 0 Å². The molecule has 7 heteroatoms. The fraction of sp³-hybridized carbons (Fsp3) is 0. The Morgan fingerprint density at radius 2 is 1.81 bits per heavy atom. The van der Waals surface area contributed by atoms with Crippen molar-refractivity contribution in [2.75, 3.05) is 5.32 Å². The molecule has 130 valence electrons. The number of hydrogen-bond acceptors (Lipinski definition) is 6. The van der Waals surface area contributed by atoms with E-state index in [1.807, 2.05) is 30.3 Å². The summed E-state index contributed by atoms with van der Waals surface area (Å²) in [5.74, 6) is 1.16. The number of ether oxygens (including phenoxy) is 1. The summed E-state index contributed by atoms with van der Waals surface area (Å²) in [6.07, 6.45) is 1.71. The third-order valence-electron chi connectivity index (χ3n) is 3.75. The molecule has 27 heavy (non-hydrogen) atoms. The van der Waals surface area contributed by atoms with Crippen LogP contribution in [0.4, 0.5) is 11.6 Å². The lowest BCUT2D eigenvalue weighted by molar-refractivity contribution is 0.467. The van der Waals surface area contributed by atoms with Crippen molar-refractivity contribution in [1.82, 2.24) is 15.0 Å². The van der Waals surface area contributed by atoms with Crippen molar-refractivity contribution in [2.45, 2.75) is 0 Å². The van der Waals surface area contributed by atoms with Crippen molar-refractivity contribution in [1.29, 1.82) is 5.26 Å². The van der Waals surface area contributed by atoms with Gasteiger partial charge in [0.2, 0.25) is 11.8 Å². The summed E-state index contributed by atoms with van der Waals surface area (Å²) in [4.78, 5) is 12.9. The number of fused-ring (bicyclic) bond motifs is 1. The molecular formula is C20H12ClN5O. The Morgan fingerprint density at radius 3 is 2.63 bits per heavy atom. The molecule has 0 unspecified atom stereocenters. The Hall–Kier alpha value is -3.69. The molecule has 0 aliphatic heterocycles. The Morgan fingerprint density at radius 1 is 1.00 bits per heavy atom. The van der Waals surface area contributed by atoms with Gasteiger partial charge in [0, 0.05) is 23.3 Å². The van der Waals surface area contributed by atoms with E-state index < -0.39 is 0 Å². The molecule has 2 heterocycles. The molecule has 1 N–H and O–H groups in total. The van der Waals surface area contributed by atoms with Crippen LogP contribution < -0.4 is 10.1 Å². The summed E-state index contributed by atoms with van der Waals surface area (Å²) in [6.45, 7) is 0. The molecule has 4 rings (SSSR count). The Bertz CT molecular complexity index is 1150. The molecule has 4 aromatic rings. The van der Waals surface area contributed by atoms with Crippen molar-refractivity contribution in [3.8, 4) is 17.7 Å². The van der Waals surface area contributed by atoms with Gasteiger partial charge < -0.3 is 10.1 Å². The third-order valence-corrected chi connectivity index (χ3v) is 3.95. The van der Waals surface area contributed by atoms with Crippen molar-refractivity contribution >= 4 is 34.1 Å². The van der Waals surface area contributed by atoms with E-state index in [1.54, 1.807) is 30.5 Å². The minimum absolute atomic E-state index is 0.240. The quantitative estimate of drug-likeness (QED) is 0.502. The zero-order valence-corrected chi connectivity index (χ0v) is 14.7. The van der Waals surface area contributed by atoms with E-state index in [9.17, 15) is 0 Å². The molecular weight excluding hydrogens is 362 g/mol. The Kier molecular flexibility index (Phi) is 4.52. The standard InChI is InChI=1S/C20H12ClN5O/c21-17-11-18(27-16-5-1-3-14-4-2-10-23-19(14)16)26-20(25-17)24-15-8-6-13(12-22)7-9-15/h1-11H,(H,24,25,26). The summed E-state index contributed by atoms with van der Waals surface area (Å²) >= 11 is 6.12. The predicted molar refractivity (Wildman–Crippen MR) is 103 cm³/mol. The number of aromatic nitrogens is 3. The fourth-order valence-corrected chi connectivity index (χ4v) is 2.71. The Labute approximate surface area is 160 Å². The first-order chi connectivity index (χ1) is 13.2. The van der Waals surface area contributed by atoms with Crippen LogP contribution in [0.25, 0.3) is 10.9 Å². The van der Waals surface area contributed by atoms with Crippen molar-refractivity contribution in [2.24, 2.45) is 0 Å². The van der Waals surface area contributed by atoms with Crippen molar-refractivity contribution in [3.63, 3.8) is 0 Å². The van der Waals surface area contributed by atoms with E-state index in [1.165, 1.54) is 6.07 Å². The van der Waals surface area contributed by atoms with Crippen LogP contribution in [0.5, 0.6) is 11.6 Å². The summed E-state index contributed by atoms with van der Waals surface area (Å²) in [5.41, 5.74) is 2.03. The van der Waals surface area contributed by atoms with Crippen LogP contribution >= 0.6 is 11.6 Å². The monoisotopic (exact) mass is 373 g/mol. The lowest BCUT2D eigenvalue weighted by Gasteiger charge is -2.10. The van der Waals surface area contributed by atoms with Crippen LogP contribution in [-0.2, 0) is 0 Å². The first-order valence-electron chi connectivity index (χ1n) is 8.05. The van der Waals surface area contributed by atoms with Gasteiger partial charge in [-0.15, -0.1) is 0 Å². The zero-order chi connectivity index (χ0) is 18.6. The molecule has 0 amide bonds. The van der Waals surface area contributed by atoms with Crippen molar-refractivity contribution in [3.05, 3.63) is 77.6 Å². The second-order valence-electron chi connectivity index (χ2n) is 5.60. The molecule has 0 aliphatic rings. The molecule has 0 spiro atoms.